The Morgan fingerprint density at radius 3 is 2.57 bits per heavy atom. The van der Waals surface area contributed by atoms with E-state index in [4.69, 9.17) is 14.2 Å². The fourth-order valence-electron chi connectivity index (χ4n) is 3.75. The number of pyridine rings is 1. The van der Waals surface area contributed by atoms with Gasteiger partial charge in [-0.3, -0.25) is 4.79 Å². The summed E-state index contributed by atoms with van der Waals surface area (Å²) in [5, 5.41) is 2.89. The molecule has 4 aromatic rings. The highest BCUT2D eigenvalue weighted by Crippen LogP contribution is 2.34. The highest BCUT2D eigenvalue weighted by molar-refractivity contribution is 7.18. The van der Waals surface area contributed by atoms with Crippen molar-refractivity contribution in [2.24, 2.45) is 0 Å². The van der Waals surface area contributed by atoms with Crippen LogP contribution >= 0.6 is 11.3 Å². The van der Waals surface area contributed by atoms with Gasteiger partial charge in [0, 0.05) is 18.8 Å². The quantitative estimate of drug-likeness (QED) is 0.304. The van der Waals surface area contributed by atoms with E-state index < -0.39 is 17.8 Å². The number of rotatable bonds is 10. The lowest BCUT2D eigenvalue weighted by molar-refractivity contribution is -0.118. The van der Waals surface area contributed by atoms with Crippen molar-refractivity contribution in [2.45, 2.75) is 27.2 Å². The van der Waals surface area contributed by atoms with E-state index in [1.165, 1.54) is 0 Å². The van der Waals surface area contributed by atoms with E-state index in [0.717, 1.165) is 22.6 Å². The molecule has 3 aromatic heterocycles. The van der Waals surface area contributed by atoms with Crippen LogP contribution in [0.3, 0.4) is 0 Å². The molecule has 1 aromatic carbocycles. The minimum atomic E-state index is -0.631. The van der Waals surface area contributed by atoms with E-state index in [-0.39, 0.29) is 35.3 Å². The molecule has 0 radical (unpaired) electrons. The van der Waals surface area contributed by atoms with Gasteiger partial charge in [0.1, 0.15) is 9.88 Å². The number of aromatic nitrogens is 2. The van der Waals surface area contributed by atoms with E-state index in [1.54, 1.807) is 30.4 Å². The van der Waals surface area contributed by atoms with Gasteiger partial charge in [0.15, 0.2) is 18.0 Å². The molecular weight excluding hydrogens is 494 g/mol. The van der Waals surface area contributed by atoms with Crippen LogP contribution < -0.4 is 10.1 Å². The number of amides is 1. The number of hydrogen-bond acceptors (Lipinski definition) is 8. The molecule has 37 heavy (non-hydrogen) atoms. The zero-order chi connectivity index (χ0) is 26.4. The summed E-state index contributed by atoms with van der Waals surface area (Å²) in [7, 11) is 0. The van der Waals surface area contributed by atoms with E-state index in [1.807, 2.05) is 49.6 Å². The van der Waals surface area contributed by atoms with Crippen molar-refractivity contribution in [3.05, 3.63) is 82.1 Å². The van der Waals surface area contributed by atoms with Crippen LogP contribution in [0, 0.1) is 13.8 Å². The van der Waals surface area contributed by atoms with Gasteiger partial charge in [-0.15, -0.1) is 11.3 Å². The summed E-state index contributed by atoms with van der Waals surface area (Å²) in [4.78, 5) is 42.9. The topological polar surface area (TPSA) is 108 Å². The maximum atomic E-state index is 12.8. The molecule has 1 amide bonds. The van der Waals surface area contributed by atoms with Gasteiger partial charge in [0.05, 0.1) is 24.5 Å². The molecule has 9 nitrogen and oxygen atoms in total. The standard InChI is InChI=1S/C27H27N3O6S/c1-4-34-26(32)22-18(3)23(27(33)35-14-12-19-9-6-5-7-10-19)37-25(22)29-21(31)16-36-20-11-8-13-30-15-17(2)28-24(20)30/h5-11,13,15H,4,12,14,16H2,1-3H3,(H,29,31). The van der Waals surface area contributed by atoms with Crippen LogP contribution in [0.4, 0.5) is 5.00 Å². The molecule has 4 rings (SSSR count). The lowest BCUT2D eigenvalue weighted by Crippen LogP contribution is -2.21. The summed E-state index contributed by atoms with van der Waals surface area (Å²) >= 11 is 0.971. The van der Waals surface area contributed by atoms with Gasteiger partial charge in [0.25, 0.3) is 5.91 Å². The maximum Gasteiger partial charge on any atom is 0.348 e. The molecule has 0 fully saturated rings. The normalized spacial score (nSPS) is 10.8. The van der Waals surface area contributed by atoms with Crippen molar-refractivity contribution in [3.63, 3.8) is 0 Å². The predicted molar refractivity (Wildman–Crippen MR) is 139 cm³/mol. The number of benzene rings is 1. The van der Waals surface area contributed by atoms with E-state index in [0.29, 0.717) is 23.4 Å². The average molecular weight is 522 g/mol. The van der Waals surface area contributed by atoms with Crippen LogP contribution in [-0.4, -0.2) is 47.1 Å². The molecule has 192 valence electrons. The number of nitrogens with one attached hydrogen (secondary N) is 1. The van der Waals surface area contributed by atoms with Crippen LogP contribution in [0.5, 0.6) is 5.75 Å². The van der Waals surface area contributed by atoms with Crippen molar-refractivity contribution in [3.8, 4) is 5.75 Å². The molecule has 0 spiro atoms. The first-order valence-corrected chi connectivity index (χ1v) is 12.6. The van der Waals surface area contributed by atoms with Crippen molar-refractivity contribution in [1.82, 2.24) is 9.38 Å². The fraction of sp³-hybridized carbons (Fsp3) is 0.259. The van der Waals surface area contributed by atoms with Gasteiger partial charge in [-0.2, -0.15) is 0 Å². The first-order valence-electron chi connectivity index (χ1n) is 11.8. The SMILES string of the molecule is CCOC(=O)c1c(NC(=O)COc2cccn3cc(C)nc23)sc(C(=O)OCCc2ccccc2)c1C. The Kier molecular flexibility index (Phi) is 8.19. The van der Waals surface area contributed by atoms with E-state index in [2.05, 4.69) is 10.3 Å². The number of anilines is 1. The van der Waals surface area contributed by atoms with E-state index >= 15 is 0 Å². The summed E-state index contributed by atoms with van der Waals surface area (Å²) in [6.45, 7) is 5.19. The largest absolute Gasteiger partial charge is 0.480 e. The molecule has 3 heterocycles. The zero-order valence-corrected chi connectivity index (χ0v) is 21.6. The Hall–Kier alpha value is -4.18. The maximum absolute atomic E-state index is 12.8. The lowest BCUT2D eigenvalue weighted by atomic mass is 10.1. The Morgan fingerprint density at radius 1 is 1.03 bits per heavy atom. The number of imidazole rings is 1. The highest BCUT2D eigenvalue weighted by atomic mass is 32.1. The Balaban J connectivity index is 1.46. The molecule has 0 aliphatic carbocycles. The minimum Gasteiger partial charge on any atom is -0.480 e. The monoisotopic (exact) mass is 521 g/mol. The van der Waals surface area contributed by atoms with Gasteiger partial charge in [-0.05, 0) is 44.0 Å². The van der Waals surface area contributed by atoms with Crippen LogP contribution in [0.15, 0.2) is 54.9 Å². The lowest BCUT2D eigenvalue weighted by Gasteiger charge is -2.09. The molecular formula is C27H27N3O6S. The number of ether oxygens (including phenoxy) is 3. The Bertz CT molecular complexity index is 1430. The van der Waals surface area contributed by atoms with Gasteiger partial charge in [-0.1, -0.05) is 30.3 Å². The van der Waals surface area contributed by atoms with Crippen molar-refractivity contribution < 1.29 is 28.6 Å². The first-order chi connectivity index (χ1) is 17.9. The number of carbonyl (C=O) groups is 3. The second-order valence-electron chi connectivity index (χ2n) is 8.17. The molecule has 0 atom stereocenters. The molecule has 0 saturated carbocycles. The van der Waals surface area contributed by atoms with Crippen molar-refractivity contribution in [1.29, 1.82) is 0 Å². The molecule has 0 unspecified atom stereocenters. The molecule has 0 aliphatic rings. The van der Waals surface area contributed by atoms with Crippen LogP contribution in [0.25, 0.3) is 5.65 Å². The Morgan fingerprint density at radius 2 is 1.81 bits per heavy atom. The number of carbonyl (C=O) groups excluding carboxylic acids is 3. The summed E-state index contributed by atoms with van der Waals surface area (Å²) in [5.41, 5.74) is 2.96. The number of nitrogens with zero attached hydrogens (tertiary/aromatic N) is 2. The molecule has 0 saturated heterocycles. The number of thiophene rings is 1. The van der Waals surface area contributed by atoms with Gasteiger partial charge >= 0.3 is 11.9 Å². The minimum absolute atomic E-state index is 0.126. The summed E-state index contributed by atoms with van der Waals surface area (Å²) in [6.07, 6.45) is 4.25. The average Bonchev–Trinajstić information content (AvgIpc) is 3.42. The molecule has 0 bridgehead atoms. The van der Waals surface area contributed by atoms with E-state index in [9.17, 15) is 14.4 Å². The first kappa shape index (κ1) is 25.9. The van der Waals surface area contributed by atoms with Crippen LogP contribution in [0.2, 0.25) is 0 Å². The second-order valence-corrected chi connectivity index (χ2v) is 9.20. The number of aryl methyl sites for hydroxylation is 1. The third-order valence-corrected chi connectivity index (χ3v) is 6.64. The van der Waals surface area contributed by atoms with Crippen LogP contribution in [-0.2, 0) is 20.7 Å². The predicted octanol–water partition coefficient (Wildman–Crippen LogP) is 4.61. The van der Waals surface area contributed by atoms with Gasteiger partial charge < -0.3 is 23.9 Å². The van der Waals surface area contributed by atoms with Crippen molar-refractivity contribution >= 4 is 39.8 Å². The highest BCUT2D eigenvalue weighted by Gasteiger charge is 2.27. The van der Waals surface area contributed by atoms with Crippen molar-refractivity contribution in [2.75, 3.05) is 25.1 Å². The number of hydrogen-bond donors (Lipinski definition) is 1. The number of fused-ring (bicyclic) bond motifs is 1. The summed E-state index contributed by atoms with van der Waals surface area (Å²) < 4.78 is 18.1. The zero-order valence-electron chi connectivity index (χ0n) is 20.8. The van der Waals surface area contributed by atoms with Gasteiger partial charge in [0.2, 0.25) is 0 Å². The van der Waals surface area contributed by atoms with Crippen LogP contribution in [0.1, 0.15) is 43.8 Å². The summed E-state index contributed by atoms with van der Waals surface area (Å²) in [6, 6.07) is 13.2. The summed E-state index contributed by atoms with van der Waals surface area (Å²) in [5.74, 6) is -1.25. The van der Waals surface area contributed by atoms with Gasteiger partial charge in [-0.25, -0.2) is 14.6 Å². The number of esters is 2. The third kappa shape index (κ3) is 6.15. The smallest absolute Gasteiger partial charge is 0.348 e. The Labute approximate surface area is 218 Å². The molecule has 10 heteroatoms. The fourth-order valence-corrected chi connectivity index (χ4v) is 4.85. The third-order valence-electron chi connectivity index (χ3n) is 5.46. The second kappa shape index (κ2) is 11.7. The molecule has 0 aliphatic heterocycles. The molecule has 1 N–H and O–H groups in total.